The fraction of sp³-hybridized carbons (Fsp3) is 0.0667. The Morgan fingerprint density at radius 2 is 1.07 bits per heavy atom. The van der Waals surface area contributed by atoms with Crippen molar-refractivity contribution in [2.75, 3.05) is 0 Å². The summed E-state index contributed by atoms with van der Waals surface area (Å²) in [5, 5.41) is 2.56. The van der Waals surface area contributed by atoms with Crippen LogP contribution in [-0.2, 0) is 6.42 Å². The first kappa shape index (κ1) is 18.4. The highest BCUT2D eigenvalue weighted by Crippen LogP contribution is 2.35. The highest BCUT2D eigenvalue weighted by atomic mass is 14.1. The van der Waals surface area contributed by atoms with Crippen LogP contribution in [0.1, 0.15) is 12.5 Å². The first-order chi connectivity index (χ1) is 14.8. The average Bonchev–Trinajstić information content (AvgIpc) is 2.84. The third kappa shape index (κ3) is 3.53. The Kier molecular flexibility index (Phi) is 4.91. The van der Waals surface area contributed by atoms with Crippen molar-refractivity contribution in [1.82, 2.24) is 0 Å². The molecule has 0 bridgehead atoms. The van der Waals surface area contributed by atoms with Gasteiger partial charge in [0.1, 0.15) is 0 Å². The number of aryl methyl sites for hydroxylation is 1. The van der Waals surface area contributed by atoms with Crippen molar-refractivity contribution in [3.8, 4) is 33.4 Å². The summed E-state index contributed by atoms with van der Waals surface area (Å²) >= 11 is 0. The molecule has 5 aromatic carbocycles. The number of fused-ring (bicyclic) bond motifs is 1. The molecule has 0 spiro atoms. The molecule has 144 valence electrons. The molecule has 0 saturated carbocycles. The van der Waals surface area contributed by atoms with Crippen LogP contribution in [0.2, 0.25) is 0 Å². The lowest BCUT2D eigenvalue weighted by Crippen LogP contribution is -1.88. The number of hydrogen-bond donors (Lipinski definition) is 0. The topological polar surface area (TPSA) is 0 Å². The van der Waals surface area contributed by atoms with Crippen LogP contribution in [0.4, 0.5) is 0 Å². The predicted octanol–water partition coefficient (Wildman–Crippen LogP) is 8.40. The maximum Gasteiger partial charge on any atom is -0.0105 e. The second kappa shape index (κ2) is 8.00. The number of hydrogen-bond acceptors (Lipinski definition) is 0. The highest BCUT2D eigenvalue weighted by molar-refractivity contribution is 5.98. The van der Waals surface area contributed by atoms with E-state index >= 15 is 0 Å². The Labute approximate surface area is 178 Å². The second-order valence-electron chi connectivity index (χ2n) is 7.74. The molecule has 0 saturated heterocycles. The van der Waals surface area contributed by atoms with Gasteiger partial charge in [-0.1, -0.05) is 104 Å². The highest BCUT2D eigenvalue weighted by Gasteiger charge is 2.09. The monoisotopic (exact) mass is 384 g/mol. The van der Waals surface area contributed by atoms with E-state index in [-0.39, 0.29) is 0 Å². The minimum absolute atomic E-state index is 1.06. The molecule has 0 aliphatic heterocycles. The lowest BCUT2D eigenvalue weighted by atomic mass is 9.91. The van der Waals surface area contributed by atoms with Crippen molar-refractivity contribution >= 4 is 10.8 Å². The Morgan fingerprint density at radius 3 is 1.80 bits per heavy atom. The number of benzene rings is 5. The summed E-state index contributed by atoms with van der Waals surface area (Å²) < 4.78 is 0. The molecule has 0 radical (unpaired) electrons. The summed E-state index contributed by atoms with van der Waals surface area (Å²) in [6.45, 7) is 2.20. The molecule has 0 heteroatoms. The molecule has 0 aromatic heterocycles. The van der Waals surface area contributed by atoms with E-state index in [1.54, 1.807) is 0 Å². The van der Waals surface area contributed by atoms with Gasteiger partial charge in [-0.05, 0) is 74.3 Å². The van der Waals surface area contributed by atoms with Gasteiger partial charge in [0.2, 0.25) is 0 Å². The van der Waals surface area contributed by atoms with E-state index in [0.29, 0.717) is 0 Å². The molecule has 30 heavy (non-hydrogen) atoms. The van der Waals surface area contributed by atoms with Gasteiger partial charge in [0.15, 0.2) is 0 Å². The minimum atomic E-state index is 1.06. The number of rotatable bonds is 4. The van der Waals surface area contributed by atoms with Crippen molar-refractivity contribution in [2.45, 2.75) is 13.3 Å². The van der Waals surface area contributed by atoms with Gasteiger partial charge in [0.05, 0.1) is 0 Å². The third-order valence-corrected chi connectivity index (χ3v) is 5.84. The van der Waals surface area contributed by atoms with Gasteiger partial charge in [0, 0.05) is 0 Å². The maximum atomic E-state index is 2.33. The summed E-state index contributed by atoms with van der Waals surface area (Å²) in [5.41, 5.74) is 8.89. The van der Waals surface area contributed by atoms with Crippen molar-refractivity contribution in [1.29, 1.82) is 0 Å². The van der Waals surface area contributed by atoms with Gasteiger partial charge in [-0.25, -0.2) is 0 Å². The third-order valence-electron chi connectivity index (χ3n) is 5.84. The Hall–Kier alpha value is -3.64. The quantitative estimate of drug-likeness (QED) is 0.292. The Morgan fingerprint density at radius 1 is 0.467 bits per heavy atom. The van der Waals surface area contributed by atoms with E-state index < -0.39 is 0 Å². The van der Waals surface area contributed by atoms with Crippen molar-refractivity contribution in [2.24, 2.45) is 0 Å². The van der Waals surface area contributed by atoms with Gasteiger partial charge in [0.25, 0.3) is 0 Å². The summed E-state index contributed by atoms with van der Waals surface area (Å²) in [4.78, 5) is 0. The molecule has 0 aliphatic carbocycles. The predicted molar refractivity (Wildman–Crippen MR) is 130 cm³/mol. The van der Waals surface area contributed by atoms with Crippen LogP contribution >= 0.6 is 0 Å². The van der Waals surface area contributed by atoms with E-state index in [0.717, 1.165) is 6.42 Å². The summed E-state index contributed by atoms with van der Waals surface area (Å²) in [6.07, 6.45) is 1.06. The first-order valence-corrected chi connectivity index (χ1v) is 10.6. The van der Waals surface area contributed by atoms with Crippen LogP contribution in [0.3, 0.4) is 0 Å². The molecular weight excluding hydrogens is 360 g/mol. The minimum Gasteiger partial charge on any atom is -0.0622 e. The molecule has 0 unspecified atom stereocenters. The molecule has 5 aromatic rings. The van der Waals surface area contributed by atoms with E-state index in [4.69, 9.17) is 0 Å². The smallest absolute Gasteiger partial charge is 0.0105 e. The zero-order chi connectivity index (χ0) is 20.3. The van der Waals surface area contributed by atoms with E-state index in [2.05, 4.69) is 122 Å². The van der Waals surface area contributed by atoms with Crippen LogP contribution in [-0.4, -0.2) is 0 Å². The van der Waals surface area contributed by atoms with Crippen LogP contribution in [0.5, 0.6) is 0 Å². The van der Waals surface area contributed by atoms with Crippen LogP contribution < -0.4 is 0 Å². The van der Waals surface area contributed by atoms with E-state index in [9.17, 15) is 0 Å². The molecule has 0 aliphatic rings. The van der Waals surface area contributed by atoms with E-state index in [1.807, 2.05) is 0 Å². The first-order valence-electron chi connectivity index (χ1n) is 10.6. The fourth-order valence-electron chi connectivity index (χ4n) is 4.16. The standard InChI is InChI=1S/C30H24/c1-2-22-15-17-24(18-16-22)27-19-26(23-9-4-3-5-10-23)20-28(21-27)30-14-8-12-25-11-6-7-13-29(25)30/h3-21H,2H2,1H3. The zero-order valence-corrected chi connectivity index (χ0v) is 17.2. The zero-order valence-electron chi connectivity index (χ0n) is 17.2. The van der Waals surface area contributed by atoms with Crippen molar-refractivity contribution in [3.05, 3.63) is 121 Å². The molecule has 0 atom stereocenters. The molecule has 0 nitrogen and oxygen atoms in total. The second-order valence-corrected chi connectivity index (χ2v) is 7.74. The maximum absolute atomic E-state index is 2.33. The van der Waals surface area contributed by atoms with Gasteiger partial charge < -0.3 is 0 Å². The molecule has 0 N–H and O–H groups in total. The Balaban J connectivity index is 1.74. The van der Waals surface area contributed by atoms with E-state index in [1.165, 1.54) is 49.7 Å². The van der Waals surface area contributed by atoms with Gasteiger partial charge >= 0.3 is 0 Å². The van der Waals surface area contributed by atoms with Gasteiger partial charge in [-0.15, -0.1) is 0 Å². The fourth-order valence-corrected chi connectivity index (χ4v) is 4.16. The van der Waals surface area contributed by atoms with Gasteiger partial charge in [-0.2, -0.15) is 0 Å². The van der Waals surface area contributed by atoms with Crippen LogP contribution in [0.15, 0.2) is 115 Å². The summed E-state index contributed by atoms with van der Waals surface area (Å²) in [6, 6.07) is 41.8. The average molecular weight is 385 g/mol. The SMILES string of the molecule is CCc1ccc(-c2cc(-c3ccccc3)cc(-c3cccc4ccccc34)c2)cc1. The van der Waals surface area contributed by atoms with Crippen molar-refractivity contribution in [3.63, 3.8) is 0 Å². The van der Waals surface area contributed by atoms with Crippen molar-refractivity contribution < 1.29 is 0 Å². The van der Waals surface area contributed by atoms with Crippen LogP contribution in [0.25, 0.3) is 44.2 Å². The molecule has 0 heterocycles. The summed E-state index contributed by atoms with van der Waals surface area (Å²) in [5.74, 6) is 0. The normalized spacial score (nSPS) is 11.0. The Bertz CT molecular complexity index is 1290. The molecule has 0 fully saturated rings. The largest absolute Gasteiger partial charge is 0.0622 e. The summed E-state index contributed by atoms with van der Waals surface area (Å²) in [7, 11) is 0. The molecule has 0 amide bonds. The lowest BCUT2D eigenvalue weighted by Gasteiger charge is -2.13. The molecular formula is C30H24. The van der Waals surface area contributed by atoms with Gasteiger partial charge in [-0.3, -0.25) is 0 Å². The molecule has 5 rings (SSSR count). The van der Waals surface area contributed by atoms with Crippen LogP contribution in [0, 0.1) is 0 Å². The lowest BCUT2D eigenvalue weighted by molar-refractivity contribution is 1.14.